The van der Waals surface area contributed by atoms with Gasteiger partial charge in [0.1, 0.15) is 5.75 Å². The molecule has 2 aromatic carbocycles. The van der Waals surface area contributed by atoms with Crippen LogP contribution in [0, 0.1) is 5.92 Å². The van der Waals surface area contributed by atoms with Gasteiger partial charge in [-0.1, -0.05) is 103 Å². The van der Waals surface area contributed by atoms with Gasteiger partial charge < -0.3 is 15.2 Å². The van der Waals surface area contributed by atoms with E-state index in [0.717, 1.165) is 18.1 Å². The average molecular weight is 510 g/mol. The van der Waals surface area contributed by atoms with Crippen molar-refractivity contribution in [1.29, 1.82) is 0 Å². The molecule has 204 valence electrons. The summed E-state index contributed by atoms with van der Waals surface area (Å²) in [6, 6.07) is 13.2. The Labute approximate surface area is 224 Å². The van der Waals surface area contributed by atoms with Gasteiger partial charge in [-0.3, -0.25) is 4.79 Å². The van der Waals surface area contributed by atoms with E-state index in [4.69, 9.17) is 9.84 Å². The highest BCUT2D eigenvalue weighted by Gasteiger charge is 2.09. The van der Waals surface area contributed by atoms with Crippen LogP contribution < -0.4 is 10.1 Å². The average Bonchev–Trinajstić information content (AvgIpc) is 2.88. The number of rotatable bonds is 20. The third kappa shape index (κ3) is 13.9. The number of unbranched alkanes of at least 4 members (excludes halogenated alkanes) is 12. The monoisotopic (exact) mass is 509 g/mol. The van der Waals surface area contributed by atoms with Crippen molar-refractivity contribution in [3.05, 3.63) is 59.7 Å². The molecule has 0 atom stereocenters. The molecule has 5 heteroatoms. The molecular weight excluding hydrogens is 462 g/mol. The van der Waals surface area contributed by atoms with E-state index in [1.165, 1.54) is 95.6 Å². The normalized spacial score (nSPS) is 11.0. The number of benzene rings is 2. The van der Waals surface area contributed by atoms with E-state index < -0.39 is 5.97 Å². The van der Waals surface area contributed by atoms with Gasteiger partial charge in [-0.15, -0.1) is 0 Å². The number of anilines is 1. The van der Waals surface area contributed by atoms with Crippen LogP contribution in [0.25, 0.3) is 0 Å². The number of hydrogen-bond acceptors (Lipinski definition) is 3. The first-order valence-electron chi connectivity index (χ1n) is 14.3. The smallest absolute Gasteiger partial charge is 0.335 e. The van der Waals surface area contributed by atoms with Crippen LogP contribution in [0.15, 0.2) is 48.5 Å². The van der Waals surface area contributed by atoms with Crippen molar-refractivity contribution in [2.45, 2.75) is 104 Å². The predicted molar refractivity (Wildman–Crippen MR) is 153 cm³/mol. The largest absolute Gasteiger partial charge is 0.494 e. The number of carboxylic acids is 1. The van der Waals surface area contributed by atoms with E-state index in [-0.39, 0.29) is 11.5 Å². The maximum Gasteiger partial charge on any atom is 0.335 e. The highest BCUT2D eigenvalue weighted by molar-refractivity contribution is 6.04. The van der Waals surface area contributed by atoms with Gasteiger partial charge in [0.05, 0.1) is 12.2 Å². The van der Waals surface area contributed by atoms with Crippen molar-refractivity contribution in [3.63, 3.8) is 0 Å². The Balaban J connectivity index is 1.46. The van der Waals surface area contributed by atoms with Gasteiger partial charge in [0.25, 0.3) is 5.91 Å². The van der Waals surface area contributed by atoms with Gasteiger partial charge in [-0.05, 0) is 54.8 Å². The molecule has 0 saturated heterocycles. The maximum atomic E-state index is 12.4. The van der Waals surface area contributed by atoms with Crippen molar-refractivity contribution < 1.29 is 19.4 Å². The molecular formula is C32H47NO4. The highest BCUT2D eigenvalue weighted by Crippen LogP contribution is 2.17. The lowest BCUT2D eigenvalue weighted by atomic mass is 10.0. The summed E-state index contributed by atoms with van der Waals surface area (Å²) in [5.41, 5.74) is 1.08. The molecule has 37 heavy (non-hydrogen) atoms. The number of nitrogens with one attached hydrogen (secondary N) is 1. The first kappa shape index (κ1) is 30.4. The van der Waals surface area contributed by atoms with Crippen LogP contribution in [0.5, 0.6) is 5.75 Å². The van der Waals surface area contributed by atoms with Crippen LogP contribution in [-0.2, 0) is 0 Å². The maximum absolute atomic E-state index is 12.4. The quantitative estimate of drug-likeness (QED) is 0.174. The van der Waals surface area contributed by atoms with Crippen molar-refractivity contribution in [2.75, 3.05) is 11.9 Å². The number of hydrogen-bond donors (Lipinski definition) is 2. The molecule has 0 aliphatic rings. The summed E-state index contributed by atoms with van der Waals surface area (Å²) in [5, 5.41) is 11.8. The van der Waals surface area contributed by atoms with Crippen LogP contribution in [0.3, 0.4) is 0 Å². The van der Waals surface area contributed by atoms with Gasteiger partial charge >= 0.3 is 5.97 Å². The summed E-state index contributed by atoms with van der Waals surface area (Å²) in [7, 11) is 0. The fraction of sp³-hybridized carbons (Fsp3) is 0.562. The molecule has 0 aromatic heterocycles. The molecule has 0 bridgehead atoms. The molecule has 1 amide bonds. The second kappa shape index (κ2) is 18.4. The van der Waals surface area contributed by atoms with Crippen LogP contribution in [-0.4, -0.2) is 23.6 Å². The Hall–Kier alpha value is -2.82. The Kier molecular flexibility index (Phi) is 15.1. The van der Waals surface area contributed by atoms with Crippen molar-refractivity contribution in [1.82, 2.24) is 0 Å². The molecule has 0 fully saturated rings. The molecule has 0 spiro atoms. The second-order valence-electron chi connectivity index (χ2n) is 10.5. The zero-order valence-electron chi connectivity index (χ0n) is 23.0. The number of aromatic carboxylic acids is 1. The first-order chi connectivity index (χ1) is 18.0. The molecule has 2 aromatic rings. The summed E-state index contributed by atoms with van der Waals surface area (Å²) in [4.78, 5) is 23.5. The van der Waals surface area contributed by atoms with Gasteiger partial charge in [-0.25, -0.2) is 4.79 Å². The predicted octanol–water partition coefficient (Wildman–Crippen LogP) is 9.13. The SMILES string of the molecule is CC(C)CCCCCCCCCCCCCCCOc1ccc(C(=O)Nc2cccc(C(=O)O)c2)cc1. The summed E-state index contributed by atoms with van der Waals surface area (Å²) in [6.45, 7) is 5.31. The van der Waals surface area contributed by atoms with Gasteiger partial charge in [0, 0.05) is 11.3 Å². The Morgan fingerprint density at radius 2 is 1.27 bits per heavy atom. The topological polar surface area (TPSA) is 75.6 Å². The minimum absolute atomic E-state index is 0.134. The molecule has 0 radical (unpaired) electrons. The van der Waals surface area contributed by atoms with Gasteiger partial charge in [-0.2, -0.15) is 0 Å². The molecule has 2 N–H and O–H groups in total. The van der Waals surface area contributed by atoms with E-state index in [2.05, 4.69) is 19.2 Å². The van der Waals surface area contributed by atoms with E-state index >= 15 is 0 Å². The Bertz CT molecular complexity index is 907. The number of carbonyl (C=O) groups excluding carboxylic acids is 1. The van der Waals surface area contributed by atoms with Crippen LogP contribution >= 0.6 is 0 Å². The van der Waals surface area contributed by atoms with E-state index in [9.17, 15) is 9.59 Å². The second-order valence-corrected chi connectivity index (χ2v) is 10.5. The lowest BCUT2D eigenvalue weighted by Gasteiger charge is -2.09. The zero-order valence-corrected chi connectivity index (χ0v) is 23.0. The van der Waals surface area contributed by atoms with Crippen LogP contribution in [0.2, 0.25) is 0 Å². The Morgan fingerprint density at radius 3 is 1.81 bits per heavy atom. The highest BCUT2D eigenvalue weighted by atomic mass is 16.5. The van der Waals surface area contributed by atoms with E-state index in [1.54, 1.807) is 36.4 Å². The number of amides is 1. The summed E-state index contributed by atoms with van der Waals surface area (Å²) in [5.74, 6) is 0.296. The third-order valence-corrected chi connectivity index (χ3v) is 6.68. The lowest BCUT2D eigenvalue weighted by molar-refractivity contribution is 0.0696. The van der Waals surface area contributed by atoms with Gasteiger partial charge in [0.15, 0.2) is 0 Å². The molecule has 2 rings (SSSR count). The number of ether oxygens (including phenoxy) is 1. The van der Waals surface area contributed by atoms with Gasteiger partial charge in [0.2, 0.25) is 0 Å². The first-order valence-corrected chi connectivity index (χ1v) is 14.3. The summed E-state index contributed by atoms with van der Waals surface area (Å²) in [6.07, 6.45) is 18.8. The van der Waals surface area contributed by atoms with Crippen molar-refractivity contribution >= 4 is 17.6 Å². The molecule has 0 unspecified atom stereocenters. The third-order valence-electron chi connectivity index (χ3n) is 6.68. The molecule has 0 saturated carbocycles. The van der Waals surface area contributed by atoms with E-state index in [0.29, 0.717) is 17.9 Å². The minimum Gasteiger partial charge on any atom is -0.494 e. The zero-order chi connectivity index (χ0) is 26.7. The number of carboxylic acid groups (broad SMARTS) is 1. The standard InChI is InChI=1S/C32H47NO4/c1-26(2)17-14-12-10-8-6-4-3-5-7-9-11-13-15-24-37-30-22-20-27(21-23-30)31(34)33-29-19-16-18-28(25-29)32(35)36/h16,18-23,25-26H,3-15,17,24H2,1-2H3,(H,33,34)(H,35,36). The number of carbonyl (C=O) groups is 2. The minimum atomic E-state index is -1.03. The fourth-order valence-electron chi connectivity index (χ4n) is 4.42. The Morgan fingerprint density at radius 1 is 0.730 bits per heavy atom. The molecule has 5 nitrogen and oxygen atoms in total. The van der Waals surface area contributed by atoms with E-state index in [1.807, 2.05) is 0 Å². The fourth-order valence-corrected chi connectivity index (χ4v) is 4.42. The van der Waals surface area contributed by atoms with Crippen molar-refractivity contribution in [3.8, 4) is 5.75 Å². The van der Waals surface area contributed by atoms with Crippen molar-refractivity contribution in [2.24, 2.45) is 5.92 Å². The van der Waals surface area contributed by atoms with Crippen LogP contribution in [0.1, 0.15) is 124 Å². The summed E-state index contributed by atoms with van der Waals surface area (Å²) >= 11 is 0. The lowest BCUT2D eigenvalue weighted by Crippen LogP contribution is -2.12. The molecule has 0 aliphatic carbocycles. The van der Waals surface area contributed by atoms with Crippen LogP contribution in [0.4, 0.5) is 5.69 Å². The molecule has 0 heterocycles. The summed E-state index contributed by atoms with van der Waals surface area (Å²) < 4.78 is 5.82. The molecule has 0 aliphatic heterocycles.